The Labute approximate surface area is 136 Å². The predicted molar refractivity (Wildman–Crippen MR) is 90.6 cm³/mol. The Hall–Kier alpha value is -0.280. The van der Waals surface area contributed by atoms with Crippen LogP contribution < -0.4 is 5.73 Å². The quantitative estimate of drug-likeness (QED) is 0.861. The lowest BCUT2D eigenvalue weighted by atomic mass is 9.92. The number of carbonyl (C=O) groups excluding carboxylic acids is 1. The lowest BCUT2D eigenvalue weighted by molar-refractivity contribution is -0.139. The maximum Gasteiger partial charge on any atom is 0.226 e. The summed E-state index contributed by atoms with van der Waals surface area (Å²) in [5.74, 6) is 1.74. The summed E-state index contributed by atoms with van der Waals surface area (Å²) in [4.78, 5) is 15.2. The zero-order valence-corrected chi connectivity index (χ0v) is 14.5. The molecule has 0 radical (unpaired) electrons. The van der Waals surface area contributed by atoms with Gasteiger partial charge < -0.3 is 10.6 Å². The second-order valence-electron chi connectivity index (χ2n) is 7.20. The average Bonchev–Trinajstić information content (AvgIpc) is 2.78. The number of nitrogens with zero attached hydrogens (tertiary/aromatic N) is 1. The van der Waals surface area contributed by atoms with Gasteiger partial charge in [-0.05, 0) is 50.5 Å². The van der Waals surface area contributed by atoms with Crippen LogP contribution in [0.4, 0.5) is 0 Å². The van der Waals surface area contributed by atoms with E-state index in [9.17, 15) is 4.79 Å². The number of halogens is 1. The van der Waals surface area contributed by atoms with Gasteiger partial charge in [0.15, 0.2) is 0 Å². The third-order valence-corrected chi connectivity index (χ3v) is 5.18. The van der Waals surface area contributed by atoms with Crippen LogP contribution in [0.5, 0.6) is 0 Å². The molecule has 3 atom stereocenters. The summed E-state index contributed by atoms with van der Waals surface area (Å²) in [7, 11) is 0. The molecule has 1 aliphatic carbocycles. The van der Waals surface area contributed by atoms with Crippen molar-refractivity contribution in [1.82, 2.24) is 4.90 Å². The first-order valence-electron chi connectivity index (χ1n) is 8.64. The molecule has 1 aliphatic heterocycles. The average molecular weight is 317 g/mol. The van der Waals surface area contributed by atoms with Crippen molar-refractivity contribution in [3.63, 3.8) is 0 Å². The molecule has 2 rings (SSSR count). The zero-order valence-electron chi connectivity index (χ0n) is 13.7. The molecule has 21 heavy (non-hydrogen) atoms. The van der Waals surface area contributed by atoms with Crippen molar-refractivity contribution < 1.29 is 4.79 Å². The number of rotatable bonds is 4. The monoisotopic (exact) mass is 316 g/mol. The molecule has 1 saturated carbocycles. The maximum absolute atomic E-state index is 13.0. The molecule has 0 aromatic carbocycles. The normalized spacial score (nSPS) is 30.1. The van der Waals surface area contributed by atoms with Gasteiger partial charge in [-0.25, -0.2) is 0 Å². The highest BCUT2D eigenvalue weighted by molar-refractivity contribution is 5.85. The molecule has 0 spiro atoms. The van der Waals surface area contributed by atoms with Gasteiger partial charge in [0.2, 0.25) is 5.91 Å². The zero-order chi connectivity index (χ0) is 14.5. The molecule has 1 amide bonds. The summed E-state index contributed by atoms with van der Waals surface area (Å²) in [5.41, 5.74) is 5.87. The molecule has 1 unspecified atom stereocenters. The highest BCUT2D eigenvalue weighted by Crippen LogP contribution is 2.34. The highest BCUT2D eigenvalue weighted by atomic mass is 35.5. The van der Waals surface area contributed by atoms with Crippen LogP contribution in [-0.2, 0) is 4.79 Å². The van der Waals surface area contributed by atoms with Crippen molar-refractivity contribution in [3.8, 4) is 0 Å². The smallest absolute Gasteiger partial charge is 0.226 e. The summed E-state index contributed by atoms with van der Waals surface area (Å²) in [6.07, 6.45) is 9.49. The summed E-state index contributed by atoms with van der Waals surface area (Å²) in [6.45, 7) is 6.20. The molecule has 1 heterocycles. The first kappa shape index (κ1) is 18.8. The topological polar surface area (TPSA) is 46.3 Å². The summed E-state index contributed by atoms with van der Waals surface area (Å²) in [5, 5.41) is 0. The van der Waals surface area contributed by atoms with Crippen LogP contribution in [0.15, 0.2) is 0 Å². The van der Waals surface area contributed by atoms with Crippen LogP contribution in [0.3, 0.4) is 0 Å². The minimum absolute atomic E-state index is 0. The van der Waals surface area contributed by atoms with Crippen LogP contribution in [0.25, 0.3) is 0 Å². The summed E-state index contributed by atoms with van der Waals surface area (Å²) >= 11 is 0. The van der Waals surface area contributed by atoms with Gasteiger partial charge in [-0.1, -0.05) is 33.1 Å². The molecule has 0 bridgehead atoms. The van der Waals surface area contributed by atoms with E-state index in [2.05, 4.69) is 18.7 Å². The predicted octanol–water partition coefficient (Wildman–Crippen LogP) is 3.60. The lowest BCUT2D eigenvalue weighted by Gasteiger charge is -2.34. The highest BCUT2D eigenvalue weighted by Gasteiger charge is 2.37. The largest absolute Gasteiger partial charge is 0.339 e. The standard InChI is InChI=1S/C17H32N2O.ClH/c1-13(2)11-15-8-4-3-5-10-19(15)17(20)16-9-6-7-14(16)12-18;/h13-16H,3-12,18H2,1-2H3;1H/t14-,15?,16-;/m1./s1. The maximum atomic E-state index is 13.0. The van der Waals surface area contributed by atoms with Crippen LogP contribution in [-0.4, -0.2) is 29.9 Å². The Kier molecular flexibility index (Phi) is 8.04. The van der Waals surface area contributed by atoms with Gasteiger partial charge in [-0.15, -0.1) is 12.4 Å². The van der Waals surface area contributed by atoms with E-state index in [1.54, 1.807) is 0 Å². The van der Waals surface area contributed by atoms with E-state index in [0.29, 0.717) is 30.3 Å². The van der Waals surface area contributed by atoms with Crippen molar-refractivity contribution in [2.45, 2.75) is 71.3 Å². The fraction of sp³-hybridized carbons (Fsp3) is 0.941. The molecule has 124 valence electrons. The first-order valence-corrected chi connectivity index (χ1v) is 8.64. The number of amides is 1. The Morgan fingerprint density at radius 1 is 1.14 bits per heavy atom. The van der Waals surface area contributed by atoms with Crippen molar-refractivity contribution in [1.29, 1.82) is 0 Å². The number of nitrogens with two attached hydrogens (primary N) is 1. The van der Waals surface area contributed by atoms with E-state index in [1.807, 2.05) is 0 Å². The van der Waals surface area contributed by atoms with Crippen LogP contribution in [0, 0.1) is 17.8 Å². The van der Waals surface area contributed by atoms with Gasteiger partial charge in [-0.3, -0.25) is 4.79 Å². The van der Waals surface area contributed by atoms with Gasteiger partial charge in [0.25, 0.3) is 0 Å². The van der Waals surface area contributed by atoms with Gasteiger partial charge >= 0.3 is 0 Å². The number of likely N-dealkylation sites (tertiary alicyclic amines) is 1. The van der Waals surface area contributed by atoms with E-state index >= 15 is 0 Å². The fourth-order valence-corrected chi connectivity index (χ4v) is 4.11. The molecule has 1 saturated heterocycles. The Balaban J connectivity index is 0.00000220. The van der Waals surface area contributed by atoms with E-state index in [1.165, 1.54) is 32.1 Å². The molecular formula is C17H33ClN2O. The Morgan fingerprint density at radius 2 is 1.90 bits per heavy atom. The van der Waals surface area contributed by atoms with Crippen LogP contribution in [0.2, 0.25) is 0 Å². The molecule has 0 aromatic heterocycles. The third-order valence-electron chi connectivity index (χ3n) is 5.18. The van der Waals surface area contributed by atoms with E-state index in [0.717, 1.165) is 25.8 Å². The fourth-order valence-electron chi connectivity index (χ4n) is 4.11. The SMILES string of the molecule is CC(C)CC1CCCCCN1C(=O)[C@@H]1CCC[C@@H]1CN.Cl. The van der Waals surface area contributed by atoms with E-state index < -0.39 is 0 Å². The van der Waals surface area contributed by atoms with Gasteiger partial charge in [0.1, 0.15) is 0 Å². The third kappa shape index (κ3) is 4.85. The Morgan fingerprint density at radius 3 is 2.57 bits per heavy atom. The molecule has 0 aromatic rings. The van der Waals surface area contributed by atoms with Crippen LogP contribution in [0.1, 0.15) is 65.2 Å². The second kappa shape index (κ2) is 8.99. The summed E-state index contributed by atoms with van der Waals surface area (Å²) in [6, 6.07) is 0.476. The van der Waals surface area contributed by atoms with Crippen molar-refractivity contribution in [2.75, 3.05) is 13.1 Å². The van der Waals surface area contributed by atoms with Crippen molar-refractivity contribution in [2.24, 2.45) is 23.5 Å². The second-order valence-corrected chi connectivity index (χ2v) is 7.20. The Bertz CT molecular complexity index is 322. The molecule has 3 nitrogen and oxygen atoms in total. The lowest BCUT2D eigenvalue weighted by Crippen LogP contribution is -2.45. The summed E-state index contributed by atoms with van der Waals surface area (Å²) < 4.78 is 0. The molecular weight excluding hydrogens is 284 g/mol. The van der Waals surface area contributed by atoms with E-state index in [-0.39, 0.29) is 18.3 Å². The molecule has 2 N–H and O–H groups in total. The number of hydrogen-bond acceptors (Lipinski definition) is 2. The number of carbonyl (C=O) groups is 1. The molecule has 4 heteroatoms. The number of hydrogen-bond donors (Lipinski definition) is 1. The van der Waals surface area contributed by atoms with Gasteiger partial charge in [0, 0.05) is 18.5 Å². The minimum atomic E-state index is 0. The minimum Gasteiger partial charge on any atom is -0.339 e. The van der Waals surface area contributed by atoms with Gasteiger partial charge in [-0.2, -0.15) is 0 Å². The first-order chi connectivity index (χ1) is 9.63. The van der Waals surface area contributed by atoms with E-state index in [4.69, 9.17) is 5.73 Å². The van der Waals surface area contributed by atoms with Crippen molar-refractivity contribution >= 4 is 18.3 Å². The van der Waals surface area contributed by atoms with Crippen LogP contribution >= 0.6 is 12.4 Å². The van der Waals surface area contributed by atoms with Crippen molar-refractivity contribution in [3.05, 3.63) is 0 Å². The van der Waals surface area contributed by atoms with Gasteiger partial charge in [0.05, 0.1) is 0 Å². The molecule has 2 aliphatic rings. The molecule has 2 fully saturated rings.